The summed E-state index contributed by atoms with van der Waals surface area (Å²) in [5.41, 5.74) is 10.7. The predicted molar refractivity (Wildman–Crippen MR) is 250 cm³/mol. The van der Waals surface area contributed by atoms with E-state index in [9.17, 15) is 0 Å². The lowest BCUT2D eigenvalue weighted by molar-refractivity contribution is 0.669. The largest absolute Gasteiger partial charge is 0.456 e. The minimum atomic E-state index is 0.567. The minimum absolute atomic E-state index is 0.567. The molecular formula is C55H33N5O. The molecule has 0 unspecified atom stereocenters. The molecule has 6 nitrogen and oxygen atoms in total. The van der Waals surface area contributed by atoms with Crippen molar-refractivity contribution in [3.8, 4) is 45.5 Å². The van der Waals surface area contributed by atoms with Gasteiger partial charge in [-0.15, -0.1) is 0 Å². The van der Waals surface area contributed by atoms with Crippen LogP contribution in [0.5, 0.6) is 0 Å². The second-order valence-corrected chi connectivity index (χ2v) is 15.6. The molecule has 9 aromatic carbocycles. The summed E-state index contributed by atoms with van der Waals surface area (Å²) >= 11 is 0. The lowest BCUT2D eigenvalue weighted by Gasteiger charge is -2.17. The van der Waals surface area contributed by atoms with Crippen molar-refractivity contribution in [2.24, 2.45) is 0 Å². The van der Waals surface area contributed by atoms with E-state index < -0.39 is 0 Å². The highest BCUT2D eigenvalue weighted by atomic mass is 16.3. The zero-order chi connectivity index (χ0) is 40.0. The molecule has 0 aliphatic carbocycles. The number of para-hydroxylation sites is 5. The highest BCUT2D eigenvalue weighted by molar-refractivity contribution is 6.18. The highest BCUT2D eigenvalue weighted by Gasteiger charge is 2.25. The van der Waals surface area contributed by atoms with Gasteiger partial charge in [-0.1, -0.05) is 140 Å². The van der Waals surface area contributed by atoms with Crippen LogP contribution >= 0.6 is 0 Å². The monoisotopic (exact) mass is 779 g/mol. The van der Waals surface area contributed by atoms with Gasteiger partial charge in [-0.2, -0.15) is 0 Å². The summed E-state index contributed by atoms with van der Waals surface area (Å²) in [5, 5.41) is 9.02. The predicted octanol–water partition coefficient (Wildman–Crippen LogP) is 14.1. The molecule has 61 heavy (non-hydrogen) atoms. The zero-order valence-corrected chi connectivity index (χ0v) is 32.7. The molecule has 0 amide bonds. The smallest absolute Gasteiger partial charge is 0.166 e. The van der Waals surface area contributed by atoms with E-state index in [2.05, 4.69) is 179 Å². The van der Waals surface area contributed by atoms with Crippen molar-refractivity contribution < 1.29 is 4.42 Å². The Balaban J connectivity index is 1.18. The summed E-state index contributed by atoms with van der Waals surface area (Å²) < 4.78 is 11.4. The number of rotatable bonds is 5. The molecule has 13 rings (SSSR count). The van der Waals surface area contributed by atoms with Crippen LogP contribution in [0.2, 0.25) is 0 Å². The molecule has 284 valence electrons. The average molecular weight is 780 g/mol. The van der Waals surface area contributed by atoms with Gasteiger partial charge in [-0.05, 0) is 71.4 Å². The quantitative estimate of drug-likeness (QED) is 0.175. The number of benzene rings is 9. The normalized spacial score (nSPS) is 11.9. The van der Waals surface area contributed by atoms with Crippen molar-refractivity contribution in [1.29, 1.82) is 0 Å². The van der Waals surface area contributed by atoms with Crippen LogP contribution in [0.15, 0.2) is 205 Å². The summed E-state index contributed by atoms with van der Waals surface area (Å²) in [4.78, 5) is 16.2. The molecule has 4 aromatic heterocycles. The lowest BCUT2D eigenvalue weighted by Crippen LogP contribution is -2.05. The van der Waals surface area contributed by atoms with Crippen LogP contribution in [0.25, 0.3) is 122 Å². The number of furan rings is 1. The molecule has 4 heterocycles. The van der Waals surface area contributed by atoms with E-state index in [0.29, 0.717) is 17.5 Å². The van der Waals surface area contributed by atoms with Crippen molar-refractivity contribution in [3.63, 3.8) is 0 Å². The van der Waals surface area contributed by atoms with Gasteiger partial charge in [0.2, 0.25) is 0 Å². The fourth-order valence-corrected chi connectivity index (χ4v) is 9.48. The van der Waals surface area contributed by atoms with Gasteiger partial charge in [-0.25, -0.2) is 15.0 Å². The van der Waals surface area contributed by atoms with E-state index in [4.69, 9.17) is 19.4 Å². The second-order valence-electron chi connectivity index (χ2n) is 15.6. The van der Waals surface area contributed by atoms with E-state index in [1.807, 2.05) is 30.3 Å². The van der Waals surface area contributed by atoms with Gasteiger partial charge in [0.1, 0.15) is 11.2 Å². The Bertz CT molecular complexity index is 3880. The second kappa shape index (κ2) is 13.1. The molecule has 0 saturated heterocycles. The Labute approximate surface area is 349 Å². The van der Waals surface area contributed by atoms with Crippen LogP contribution in [0.3, 0.4) is 0 Å². The third-order valence-corrected chi connectivity index (χ3v) is 12.1. The first-order valence-corrected chi connectivity index (χ1v) is 20.5. The molecule has 0 bridgehead atoms. The maximum absolute atomic E-state index is 6.63. The summed E-state index contributed by atoms with van der Waals surface area (Å²) in [5.74, 6) is 1.75. The third-order valence-electron chi connectivity index (χ3n) is 12.1. The first kappa shape index (κ1) is 33.6. The van der Waals surface area contributed by atoms with Crippen LogP contribution in [0, 0.1) is 0 Å². The molecule has 0 atom stereocenters. The van der Waals surface area contributed by atoms with Crippen LogP contribution < -0.4 is 0 Å². The Morgan fingerprint density at radius 2 is 0.951 bits per heavy atom. The van der Waals surface area contributed by atoms with Crippen molar-refractivity contribution in [1.82, 2.24) is 24.1 Å². The lowest BCUT2D eigenvalue weighted by atomic mass is 10.0. The molecule has 0 saturated carbocycles. The molecule has 0 aliphatic rings. The number of aromatic nitrogens is 5. The Morgan fingerprint density at radius 1 is 0.361 bits per heavy atom. The van der Waals surface area contributed by atoms with Gasteiger partial charge in [0.15, 0.2) is 17.5 Å². The van der Waals surface area contributed by atoms with E-state index in [-0.39, 0.29) is 0 Å². The Hall–Kier alpha value is -8.35. The van der Waals surface area contributed by atoms with Crippen molar-refractivity contribution in [3.05, 3.63) is 200 Å². The number of nitrogens with zero attached hydrogens (tertiary/aromatic N) is 5. The molecular weight excluding hydrogens is 747 g/mol. The third kappa shape index (κ3) is 5.06. The van der Waals surface area contributed by atoms with Gasteiger partial charge in [0.05, 0.1) is 33.1 Å². The summed E-state index contributed by atoms with van der Waals surface area (Å²) in [6.45, 7) is 0. The van der Waals surface area contributed by atoms with Crippen LogP contribution in [0.1, 0.15) is 0 Å². The topological polar surface area (TPSA) is 61.7 Å². The van der Waals surface area contributed by atoms with E-state index >= 15 is 0 Å². The van der Waals surface area contributed by atoms with Gasteiger partial charge >= 0.3 is 0 Å². The number of hydrogen-bond donors (Lipinski definition) is 0. The van der Waals surface area contributed by atoms with Gasteiger partial charge in [0, 0.05) is 49.3 Å². The molecule has 0 N–H and O–H groups in total. The Kier molecular flexibility index (Phi) is 7.21. The molecule has 0 fully saturated rings. The summed E-state index contributed by atoms with van der Waals surface area (Å²) in [6.07, 6.45) is 0. The fraction of sp³-hybridized carbons (Fsp3) is 0. The van der Waals surface area contributed by atoms with Crippen LogP contribution in [-0.4, -0.2) is 24.1 Å². The summed E-state index contributed by atoms with van der Waals surface area (Å²) in [6, 6.07) is 70.1. The summed E-state index contributed by atoms with van der Waals surface area (Å²) in [7, 11) is 0. The molecule has 0 spiro atoms. The fourth-order valence-electron chi connectivity index (χ4n) is 9.48. The molecule has 0 radical (unpaired) electrons. The van der Waals surface area contributed by atoms with Gasteiger partial charge in [0.25, 0.3) is 0 Å². The highest BCUT2D eigenvalue weighted by Crippen LogP contribution is 2.44. The maximum Gasteiger partial charge on any atom is 0.166 e. The minimum Gasteiger partial charge on any atom is -0.456 e. The first-order chi connectivity index (χ1) is 30.3. The van der Waals surface area contributed by atoms with Crippen molar-refractivity contribution >= 4 is 76.3 Å². The van der Waals surface area contributed by atoms with E-state index in [1.54, 1.807) is 0 Å². The van der Waals surface area contributed by atoms with Crippen molar-refractivity contribution in [2.75, 3.05) is 0 Å². The zero-order valence-electron chi connectivity index (χ0n) is 32.7. The van der Waals surface area contributed by atoms with E-state index in [0.717, 1.165) is 77.5 Å². The molecule has 6 heteroatoms. The average Bonchev–Trinajstić information content (AvgIpc) is 3.98. The number of hydrogen-bond acceptors (Lipinski definition) is 4. The van der Waals surface area contributed by atoms with Crippen LogP contribution in [0.4, 0.5) is 0 Å². The number of fused-ring (bicyclic) bond motifs is 10. The van der Waals surface area contributed by atoms with Gasteiger partial charge in [-0.3, -0.25) is 0 Å². The standard InChI is InChI=1S/C55H33N5O/c1-3-16-34(17-4-1)53-56-54(42-26-15-25-40-38-22-9-12-27-45(38)59(51(40)42)37-20-5-2-6-21-37)58-55(57-53)43-30-31-49-50(41-24-11-14-29-48(41)61-49)52(43)60-46-28-13-10-23-39(46)44-32-35-18-7-8-19-36(35)33-47(44)60/h1-33H. The molecule has 0 aliphatic heterocycles. The van der Waals surface area contributed by atoms with E-state index in [1.165, 1.54) is 26.9 Å². The first-order valence-electron chi connectivity index (χ1n) is 20.5. The van der Waals surface area contributed by atoms with Gasteiger partial charge < -0.3 is 13.6 Å². The molecule has 13 aromatic rings. The van der Waals surface area contributed by atoms with Crippen LogP contribution in [-0.2, 0) is 0 Å². The maximum atomic E-state index is 6.63. The van der Waals surface area contributed by atoms with Crippen molar-refractivity contribution in [2.45, 2.75) is 0 Å². The Morgan fingerprint density at radius 3 is 1.74 bits per heavy atom. The SMILES string of the molecule is c1ccc(-c2nc(-c3ccc4oc5ccccc5c4c3-n3c4ccccc4c4cc5ccccc5cc43)nc(-c3cccc4c5ccccc5n(-c5ccccc5)c34)n2)cc1.